The van der Waals surface area contributed by atoms with E-state index >= 15 is 0 Å². The maximum absolute atomic E-state index is 12.1. The Morgan fingerprint density at radius 3 is 2.50 bits per heavy atom. The Labute approximate surface area is 132 Å². The molecule has 108 valence electrons. The average Bonchev–Trinajstić information content (AvgIpc) is 2.95. The van der Waals surface area contributed by atoms with Gasteiger partial charge in [-0.1, -0.05) is 0 Å². The van der Waals surface area contributed by atoms with Crippen molar-refractivity contribution < 1.29 is 18.3 Å². The van der Waals surface area contributed by atoms with E-state index in [2.05, 4.69) is 20.7 Å². The molecule has 0 fully saturated rings. The number of carboxylic acids is 1. The highest BCUT2D eigenvalue weighted by Gasteiger charge is 2.17. The number of thiophene rings is 2. The zero-order valence-corrected chi connectivity index (χ0v) is 14.0. The monoisotopic (exact) mass is 395 g/mol. The minimum atomic E-state index is -3.60. The molecule has 2 N–H and O–H groups in total. The van der Waals surface area contributed by atoms with E-state index < -0.39 is 16.0 Å². The molecule has 0 spiro atoms. The van der Waals surface area contributed by atoms with Crippen LogP contribution in [0.4, 0.5) is 0 Å². The van der Waals surface area contributed by atoms with Gasteiger partial charge >= 0.3 is 5.97 Å². The van der Waals surface area contributed by atoms with Crippen LogP contribution in [0.25, 0.3) is 0 Å². The van der Waals surface area contributed by atoms with Gasteiger partial charge in [-0.15, -0.1) is 22.7 Å². The quantitative estimate of drug-likeness (QED) is 0.787. The number of hydrogen-bond acceptors (Lipinski definition) is 5. The summed E-state index contributed by atoms with van der Waals surface area (Å²) in [4.78, 5) is 12.0. The molecule has 0 atom stereocenters. The summed E-state index contributed by atoms with van der Waals surface area (Å²) in [6.45, 7) is 0.213. The van der Waals surface area contributed by atoms with Crippen molar-refractivity contribution >= 4 is 54.6 Å². The second kappa shape index (κ2) is 6.35. The lowest BCUT2D eigenvalue weighted by Gasteiger charge is -2.02. The summed E-state index contributed by atoms with van der Waals surface area (Å²) in [5, 5.41) is 8.67. The molecule has 2 rings (SSSR count). The first-order valence-corrected chi connectivity index (χ1v) is 9.32. The Morgan fingerprint density at radius 2 is 1.90 bits per heavy atom. The maximum Gasteiger partial charge on any atom is 0.308 e. The van der Waals surface area contributed by atoms with E-state index in [9.17, 15) is 13.2 Å². The third kappa shape index (κ3) is 4.13. The molecule has 0 aliphatic carbocycles. The molecule has 0 aromatic carbocycles. The molecule has 2 aromatic heterocycles. The molecule has 2 aromatic rings. The second-order valence-electron chi connectivity index (χ2n) is 3.82. The zero-order valence-electron chi connectivity index (χ0n) is 10.00. The number of halogens is 1. The summed E-state index contributed by atoms with van der Waals surface area (Å²) in [5.41, 5.74) is 0. The topological polar surface area (TPSA) is 83.5 Å². The van der Waals surface area contributed by atoms with Crippen LogP contribution >= 0.6 is 38.6 Å². The van der Waals surface area contributed by atoms with Crippen molar-refractivity contribution in [3.63, 3.8) is 0 Å². The summed E-state index contributed by atoms with van der Waals surface area (Å²) >= 11 is 5.74. The maximum atomic E-state index is 12.1. The highest BCUT2D eigenvalue weighted by molar-refractivity contribution is 9.11. The lowest BCUT2D eigenvalue weighted by atomic mass is 10.3. The summed E-state index contributed by atoms with van der Waals surface area (Å²) in [6, 6.07) is 6.64. The van der Waals surface area contributed by atoms with E-state index in [4.69, 9.17) is 5.11 Å². The van der Waals surface area contributed by atoms with Crippen LogP contribution in [0.5, 0.6) is 0 Å². The summed E-state index contributed by atoms with van der Waals surface area (Å²) in [5.74, 6) is -0.979. The predicted molar refractivity (Wildman–Crippen MR) is 81.7 cm³/mol. The number of carboxylic acid groups (broad SMARTS) is 1. The van der Waals surface area contributed by atoms with Crippen LogP contribution in [0.1, 0.15) is 9.75 Å². The van der Waals surface area contributed by atoms with Crippen molar-refractivity contribution in [2.75, 3.05) is 0 Å². The van der Waals surface area contributed by atoms with Crippen molar-refractivity contribution in [3.8, 4) is 0 Å². The van der Waals surface area contributed by atoms with Gasteiger partial charge in [-0.05, 0) is 40.2 Å². The molecule has 5 nitrogen and oxygen atoms in total. The Morgan fingerprint density at radius 1 is 1.20 bits per heavy atom. The normalized spacial score (nSPS) is 11.7. The van der Waals surface area contributed by atoms with Gasteiger partial charge in [0.15, 0.2) is 0 Å². The van der Waals surface area contributed by atoms with Gasteiger partial charge in [0, 0.05) is 16.3 Å². The van der Waals surface area contributed by atoms with Crippen LogP contribution in [0.2, 0.25) is 0 Å². The molecule has 0 saturated carbocycles. The first-order chi connectivity index (χ1) is 9.37. The SMILES string of the molecule is O=C(O)Cc1ccc(S(=O)(=O)NCc2ccc(Br)s2)s1. The third-order valence-electron chi connectivity index (χ3n) is 2.29. The first-order valence-electron chi connectivity index (χ1n) is 5.41. The standard InChI is InChI=1S/C11H10BrNO4S3/c12-9-3-1-8(18-9)6-13-20(16,17)11-4-2-7(19-11)5-10(14)15/h1-4,13H,5-6H2,(H,14,15). The van der Waals surface area contributed by atoms with E-state index in [1.54, 1.807) is 0 Å². The van der Waals surface area contributed by atoms with Crippen LogP contribution in [0.3, 0.4) is 0 Å². The first kappa shape index (κ1) is 15.6. The number of sulfonamides is 1. The molecule has 2 heterocycles. The van der Waals surface area contributed by atoms with Gasteiger partial charge in [0.1, 0.15) is 4.21 Å². The molecule has 9 heteroatoms. The molecule has 0 bridgehead atoms. The minimum absolute atomic E-state index is 0.129. The van der Waals surface area contributed by atoms with Crippen LogP contribution in [0.15, 0.2) is 32.3 Å². The molecule has 0 amide bonds. The van der Waals surface area contributed by atoms with E-state index in [1.807, 2.05) is 12.1 Å². The lowest BCUT2D eigenvalue weighted by Crippen LogP contribution is -2.21. The van der Waals surface area contributed by atoms with Gasteiger partial charge in [0.2, 0.25) is 10.0 Å². The van der Waals surface area contributed by atoms with Crippen molar-refractivity contribution in [2.45, 2.75) is 17.2 Å². The van der Waals surface area contributed by atoms with Gasteiger partial charge < -0.3 is 5.11 Å². The van der Waals surface area contributed by atoms with Crippen LogP contribution in [-0.2, 0) is 27.8 Å². The Kier molecular flexibility index (Phi) is 4.97. The molecule has 20 heavy (non-hydrogen) atoms. The Bertz CT molecular complexity index is 720. The van der Waals surface area contributed by atoms with E-state index in [-0.39, 0.29) is 17.2 Å². The second-order valence-corrected chi connectivity index (χ2v) is 9.53. The predicted octanol–water partition coefficient (Wildman–Crippen LogP) is 2.68. The number of rotatable bonds is 6. The Hall–Kier alpha value is -0.740. The van der Waals surface area contributed by atoms with Gasteiger partial charge in [0.05, 0.1) is 10.2 Å². The molecule has 0 aliphatic rings. The zero-order chi connectivity index (χ0) is 14.8. The van der Waals surface area contributed by atoms with Crippen molar-refractivity contribution in [2.24, 2.45) is 0 Å². The van der Waals surface area contributed by atoms with Gasteiger partial charge in [-0.25, -0.2) is 13.1 Å². The molecule has 0 aliphatic heterocycles. The fourth-order valence-corrected chi connectivity index (χ4v) is 5.34. The number of nitrogens with one attached hydrogen (secondary N) is 1. The molecular formula is C11H10BrNO4S3. The van der Waals surface area contributed by atoms with Crippen LogP contribution < -0.4 is 4.72 Å². The van der Waals surface area contributed by atoms with Crippen molar-refractivity contribution in [1.82, 2.24) is 4.72 Å². The summed E-state index contributed by atoms with van der Waals surface area (Å²) in [7, 11) is -3.60. The highest BCUT2D eigenvalue weighted by atomic mass is 79.9. The number of carbonyl (C=O) groups is 1. The van der Waals surface area contributed by atoms with E-state index in [0.717, 1.165) is 20.0 Å². The molecular weight excluding hydrogens is 386 g/mol. The fraction of sp³-hybridized carbons (Fsp3) is 0.182. The third-order valence-corrected chi connectivity index (χ3v) is 6.89. The fourth-order valence-electron chi connectivity index (χ4n) is 1.43. The van der Waals surface area contributed by atoms with Crippen LogP contribution in [0, 0.1) is 0 Å². The van der Waals surface area contributed by atoms with Crippen molar-refractivity contribution in [1.29, 1.82) is 0 Å². The lowest BCUT2D eigenvalue weighted by molar-refractivity contribution is -0.136. The van der Waals surface area contributed by atoms with Gasteiger partial charge in [-0.3, -0.25) is 4.79 Å². The van der Waals surface area contributed by atoms with E-state index in [1.165, 1.54) is 23.5 Å². The van der Waals surface area contributed by atoms with Crippen LogP contribution in [-0.4, -0.2) is 19.5 Å². The van der Waals surface area contributed by atoms with Crippen molar-refractivity contribution in [3.05, 3.63) is 37.8 Å². The average molecular weight is 396 g/mol. The minimum Gasteiger partial charge on any atom is -0.481 e. The smallest absolute Gasteiger partial charge is 0.308 e. The molecule has 0 saturated heterocycles. The summed E-state index contributed by atoms with van der Waals surface area (Å²) in [6.07, 6.45) is -0.169. The molecule has 0 radical (unpaired) electrons. The van der Waals surface area contributed by atoms with Gasteiger partial charge in [-0.2, -0.15) is 0 Å². The largest absolute Gasteiger partial charge is 0.481 e. The number of aliphatic carboxylic acids is 1. The van der Waals surface area contributed by atoms with Gasteiger partial charge in [0.25, 0.3) is 0 Å². The summed E-state index contributed by atoms with van der Waals surface area (Å²) < 4.78 is 27.7. The number of hydrogen-bond donors (Lipinski definition) is 2. The molecule has 0 unspecified atom stereocenters. The Balaban J connectivity index is 2.06. The highest BCUT2D eigenvalue weighted by Crippen LogP contribution is 2.24. The van der Waals surface area contributed by atoms with E-state index in [0.29, 0.717) is 4.88 Å².